The lowest BCUT2D eigenvalue weighted by atomic mass is 10.0. The average Bonchev–Trinajstić information content (AvgIpc) is 2.47. The first-order chi connectivity index (χ1) is 8.86. The van der Waals surface area contributed by atoms with Crippen LogP contribution in [0.2, 0.25) is 0 Å². The van der Waals surface area contributed by atoms with Gasteiger partial charge in [0.2, 0.25) is 0 Å². The highest BCUT2D eigenvalue weighted by Crippen LogP contribution is 2.26. The molecule has 18 heavy (non-hydrogen) atoms. The van der Waals surface area contributed by atoms with Crippen molar-refractivity contribution in [2.75, 3.05) is 26.2 Å². The zero-order valence-corrected chi connectivity index (χ0v) is 10.8. The summed E-state index contributed by atoms with van der Waals surface area (Å²) in [5.41, 5.74) is 2.49. The molecule has 0 saturated carbocycles. The first kappa shape index (κ1) is 11.6. The van der Waals surface area contributed by atoms with E-state index in [1.165, 1.54) is 10.9 Å². The molecule has 1 aliphatic heterocycles. The van der Waals surface area contributed by atoms with E-state index < -0.39 is 0 Å². The van der Waals surface area contributed by atoms with Crippen molar-refractivity contribution >= 4 is 10.9 Å². The van der Waals surface area contributed by atoms with Crippen molar-refractivity contribution in [1.82, 2.24) is 15.2 Å². The molecule has 0 amide bonds. The highest BCUT2D eigenvalue weighted by Gasteiger charge is 2.19. The molecule has 1 fully saturated rings. The quantitative estimate of drug-likeness (QED) is 0.873. The van der Waals surface area contributed by atoms with Gasteiger partial charge in [-0.05, 0) is 24.6 Å². The fraction of sp³-hybridized carbons (Fsp3) is 0.400. The summed E-state index contributed by atoms with van der Waals surface area (Å²) in [6.45, 7) is 6.73. The Morgan fingerprint density at radius 3 is 2.78 bits per heavy atom. The fourth-order valence-corrected chi connectivity index (χ4v) is 2.75. The number of pyridine rings is 1. The average molecular weight is 241 g/mol. The molecule has 0 radical (unpaired) electrons. The van der Waals surface area contributed by atoms with Gasteiger partial charge in [0.1, 0.15) is 0 Å². The third-order valence-corrected chi connectivity index (χ3v) is 3.83. The summed E-state index contributed by atoms with van der Waals surface area (Å²) in [5, 5.41) is 4.69. The van der Waals surface area contributed by atoms with Crippen molar-refractivity contribution in [3.63, 3.8) is 0 Å². The van der Waals surface area contributed by atoms with Gasteiger partial charge < -0.3 is 5.32 Å². The monoisotopic (exact) mass is 241 g/mol. The Balaban J connectivity index is 1.97. The summed E-state index contributed by atoms with van der Waals surface area (Å²) in [7, 11) is 0. The van der Waals surface area contributed by atoms with Crippen LogP contribution in [0.25, 0.3) is 10.9 Å². The lowest BCUT2D eigenvalue weighted by Gasteiger charge is -2.33. The molecule has 1 N–H and O–H groups in total. The van der Waals surface area contributed by atoms with Gasteiger partial charge in [-0.15, -0.1) is 0 Å². The Labute approximate surface area is 108 Å². The molecule has 1 aromatic carbocycles. The third-order valence-electron chi connectivity index (χ3n) is 3.83. The number of para-hydroxylation sites is 1. The molecule has 3 heteroatoms. The van der Waals surface area contributed by atoms with Crippen molar-refractivity contribution < 1.29 is 0 Å². The molecule has 2 heterocycles. The molecule has 94 valence electrons. The van der Waals surface area contributed by atoms with Crippen molar-refractivity contribution in [3.05, 3.63) is 42.1 Å². The number of nitrogens with one attached hydrogen (secondary N) is 1. The number of rotatable bonds is 2. The summed E-state index contributed by atoms with van der Waals surface area (Å²) >= 11 is 0. The van der Waals surface area contributed by atoms with Crippen molar-refractivity contribution in [2.24, 2.45) is 0 Å². The molecule has 1 unspecified atom stereocenters. The molecule has 1 saturated heterocycles. The second-order valence-corrected chi connectivity index (χ2v) is 4.88. The maximum Gasteiger partial charge on any atom is 0.0705 e. The number of piperazine rings is 1. The molecular formula is C15H19N3. The van der Waals surface area contributed by atoms with Crippen LogP contribution >= 0.6 is 0 Å². The van der Waals surface area contributed by atoms with Crippen LogP contribution in [-0.2, 0) is 0 Å². The molecule has 0 bridgehead atoms. The van der Waals surface area contributed by atoms with Gasteiger partial charge in [-0.2, -0.15) is 0 Å². The zero-order chi connectivity index (χ0) is 12.4. The normalized spacial score (nSPS) is 18.9. The zero-order valence-electron chi connectivity index (χ0n) is 10.8. The molecular weight excluding hydrogens is 222 g/mol. The molecule has 1 aliphatic rings. The number of hydrogen-bond acceptors (Lipinski definition) is 3. The third kappa shape index (κ3) is 2.11. The SMILES string of the molecule is CC(c1ccnc2ccccc12)N1CCNCC1. The smallest absolute Gasteiger partial charge is 0.0705 e. The standard InChI is InChI=1S/C15H19N3/c1-12(18-10-8-16-9-11-18)13-6-7-17-15-5-3-2-4-14(13)15/h2-7,12,16H,8-11H2,1H3. The Morgan fingerprint density at radius 2 is 1.94 bits per heavy atom. The van der Waals surface area contributed by atoms with E-state index in [-0.39, 0.29) is 0 Å². The Bertz CT molecular complexity index is 527. The minimum absolute atomic E-state index is 0.458. The summed E-state index contributed by atoms with van der Waals surface area (Å²) in [5.74, 6) is 0. The van der Waals surface area contributed by atoms with E-state index in [2.05, 4.69) is 52.5 Å². The summed E-state index contributed by atoms with van der Waals surface area (Å²) in [6.07, 6.45) is 1.93. The van der Waals surface area contributed by atoms with Gasteiger partial charge in [0.15, 0.2) is 0 Å². The van der Waals surface area contributed by atoms with Crippen LogP contribution in [0.5, 0.6) is 0 Å². The van der Waals surface area contributed by atoms with Crippen molar-refractivity contribution in [3.8, 4) is 0 Å². The van der Waals surface area contributed by atoms with E-state index in [1.807, 2.05) is 6.20 Å². The maximum atomic E-state index is 4.44. The lowest BCUT2D eigenvalue weighted by Crippen LogP contribution is -2.44. The number of aromatic nitrogens is 1. The topological polar surface area (TPSA) is 28.2 Å². The molecule has 0 spiro atoms. The second-order valence-electron chi connectivity index (χ2n) is 4.88. The minimum Gasteiger partial charge on any atom is -0.314 e. The number of nitrogens with zero attached hydrogens (tertiary/aromatic N) is 2. The number of benzene rings is 1. The predicted molar refractivity (Wildman–Crippen MR) is 74.6 cm³/mol. The highest BCUT2D eigenvalue weighted by molar-refractivity contribution is 5.82. The van der Waals surface area contributed by atoms with Crippen LogP contribution in [0.4, 0.5) is 0 Å². The number of fused-ring (bicyclic) bond motifs is 1. The largest absolute Gasteiger partial charge is 0.314 e. The van der Waals surface area contributed by atoms with Crippen LogP contribution in [-0.4, -0.2) is 36.1 Å². The highest BCUT2D eigenvalue weighted by atomic mass is 15.2. The van der Waals surface area contributed by atoms with E-state index in [0.29, 0.717) is 6.04 Å². The fourth-order valence-electron chi connectivity index (χ4n) is 2.75. The van der Waals surface area contributed by atoms with Gasteiger partial charge in [-0.1, -0.05) is 18.2 Å². The molecule has 0 aliphatic carbocycles. The lowest BCUT2D eigenvalue weighted by molar-refractivity contribution is 0.186. The summed E-state index contributed by atoms with van der Waals surface area (Å²) in [4.78, 5) is 6.98. The van der Waals surface area contributed by atoms with E-state index in [9.17, 15) is 0 Å². The molecule has 1 atom stereocenters. The van der Waals surface area contributed by atoms with Crippen LogP contribution in [0.15, 0.2) is 36.5 Å². The first-order valence-electron chi connectivity index (χ1n) is 6.64. The first-order valence-corrected chi connectivity index (χ1v) is 6.64. The summed E-state index contributed by atoms with van der Waals surface area (Å²) < 4.78 is 0. The Hall–Kier alpha value is -1.45. The predicted octanol–water partition coefficient (Wildman–Crippen LogP) is 2.20. The van der Waals surface area contributed by atoms with E-state index in [4.69, 9.17) is 0 Å². The van der Waals surface area contributed by atoms with Crippen LogP contribution in [0, 0.1) is 0 Å². The Morgan fingerprint density at radius 1 is 1.17 bits per heavy atom. The van der Waals surface area contributed by atoms with Gasteiger partial charge >= 0.3 is 0 Å². The van der Waals surface area contributed by atoms with Crippen molar-refractivity contribution in [2.45, 2.75) is 13.0 Å². The molecule has 2 aromatic rings. The van der Waals surface area contributed by atoms with Crippen LogP contribution in [0.1, 0.15) is 18.5 Å². The number of hydrogen-bond donors (Lipinski definition) is 1. The summed E-state index contributed by atoms with van der Waals surface area (Å²) in [6, 6.07) is 11.0. The Kier molecular flexibility index (Phi) is 3.26. The van der Waals surface area contributed by atoms with Crippen LogP contribution < -0.4 is 5.32 Å². The van der Waals surface area contributed by atoms with Gasteiger partial charge in [0.05, 0.1) is 5.52 Å². The van der Waals surface area contributed by atoms with E-state index in [0.717, 1.165) is 31.7 Å². The molecule has 3 nitrogen and oxygen atoms in total. The van der Waals surface area contributed by atoms with Gasteiger partial charge in [0, 0.05) is 43.8 Å². The van der Waals surface area contributed by atoms with Crippen molar-refractivity contribution in [1.29, 1.82) is 0 Å². The van der Waals surface area contributed by atoms with E-state index in [1.54, 1.807) is 0 Å². The van der Waals surface area contributed by atoms with Gasteiger partial charge in [-0.25, -0.2) is 0 Å². The minimum atomic E-state index is 0.458. The molecule has 1 aromatic heterocycles. The van der Waals surface area contributed by atoms with Gasteiger partial charge in [-0.3, -0.25) is 9.88 Å². The van der Waals surface area contributed by atoms with Gasteiger partial charge in [0.25, 0.3) is 0 Å². The maximum absolute atomic E-state index is 4.44. The van der Waals surface area contributed by atoms with E-state index >= 15 is 0 Å². The molecule has 3 rings (SSSR count). The second kappa shape index (κ2) is 5.04. The van der Waals surface area contributed by atoms with Crippen LogP contribution in [0.3, 0.4) is 0 Å².